The number of nitrogens with one attached hydrogen (secondary N) is 1. The van der Waals surface area contributed by atoms with E-state index in [4.69, 9.17) is 10.6 Å². The SMILES string of the molecule is Nc1ccc(NC(=O)CCCN2CCCCO2)cc1. The molecule has 1 aromatic rings. The summed E-state index contributed by atoms with van der Waals surface area (Å²) in [6, 6.07) is 7.16. The Bertz CT molecular complexity index is 400. The Morgan fingerprint density at radius 1 is 1.32 bits per heavy atom. The first-order chi connectivity index (χ1) is 9.24. The van der Waals surface area contributed by atoms with E-state index in [1.54, 1.807) is 24.3 Å². The quantitative estimate of drug-likeness (QED) is 0.797. The summed E-state index contributed by atoms with van der Waals surface area (Å²) < 4.78 is 0. The second-order valence-corrected chi connectivity index (χ2v) is 4.74. The second-order valence-electron chi connectivity index (χ2n) is 4.74. The molecule has 0 aliphatic carbocycles. The van der Waals surface area contributed by atoms with Crippen molar-refractivity contribution in [2.45, 2.75) is 25.7 Å². The van der Waals surface area contributed by atoms with E-state index in [1.165, 1.54) is 6.42 Å². The lowest BCUT2D eigenvalue weighted by Gasteiger charge is -2.25. The molecular weight excluding hydrogens is 242 g/mol. The monoisotopic (exact) mass is 263 g/mol. The Hall–Kier alpha value is -1.59. The molecular formula is C14H21N3O2. The van der Waals surface area contributed by atoms with E-state index in [2.05, 4.69) is 5.32 Å². The zero-order valence-corrected chi connectivity index (χ0v) is 11.1. The van der Waals surface area contributed by atoms with E-state index in [9.17, 15) is 4.79 Å². The summed E-state index contributed by atoms with van der Waals surface area (Å²) in [5, 5.41) is 4.81. The molecule has 1 heterocycles. The van der Waals surface area contributed by atoms with Gasteiger partial charge in [-0.1, -0.05) is 0 Å². The minimum atomic E-state index is 0.0294. The van der Waals surface area contributed by atoms with E-state index >= 15 is 0 Å². The van der Waals surface area contributed by atoms with Gasteiger partial charge >= 0.3 is 0 Å². The summed E-state index contributed by atoms with van der Waals surface area (Å²) in [6.45, 7) is 2.59. The van der Waals surface area contributed by atoms with E-state index in [0.29, 0.717) is 12.1 Å². The van der Waals surface area contributed by atoms with E-state index in [0.717, 1.165) is 38.2 Å². The number of nitrogens with two attached hydrogens (primary N) is 1. The van der Waals surface area contributed by atoms with E-state index in [-0.39, 0.29) is 5.91 Å². The fraction of sp³-hybridized carbons (Fsp3) is 0.500. The Morgan fingerprint density at radius 3 is 2.79 bits per heavy atom. The minimum absolute atomic E-state index is 0.0294. The van der Waals surface area contributed by atoms with Gasteiger partial charge in [0, 0.05) is 30.9 Å². The van der Waals surface area contributed by atoms with Crippen molar-refractivity contribution in [2.75, 3.05) is 30.7 Å². The maximum absolute atomic E-state index is 11.7. The number of hydrogen-bond acceptors (Lipinski definition) is 4. The first kappa shape index (κ1) is 13.8. The highest BCUT2D eigenvalue weighted by Crippen LogP contribution is 2.11. The maximum atomic E-state index is 11.7. The van der Waals surface area contributed by atoms with Gasteiger partial charge in [-0.3, -0.25) is 9.63 Å². The molecule has 0 atom stereocenters. The molecule has 5 heteroatoms. The fourth-order valence-electron chi connectivity index (χ4n) is 2.03. The molecule has 19 heavy (non-hydrogen) atoms. The zero-order chi connectivity index (χ0) is 13.5. The van der Waals surface area contributed by atoms with Crippen LogP contribution < -0.4 is 11.1 Å². The molecule has 5 nitrogen and oxygen atoms in total. The summed E-state index contributed by atoms with van der Waals surface area (Å²) in [6.07, 6.45) is 3.62. The molecule has 1 saturated heterocycles. The maximum Gasteiger partial charge on any atom is 0.224 e. The van der Waals surface area contributed by atoms with Crippen molar-refractivity contribution in [3.8, 4) is 0 Å². The number of anilines is 2. The molecule has 3 N–H and O–H groups in total. The van der Waals surface area contributed by atoms with Crippen molar-refractivity contribution in [3.63, 3.8) is 0 Å². The fourth-order valence-corrected chi connectivity index (χ4v) is 2.03. The summed E-state index contributed by atoms with van der Waals surface area (Å²) in [5.41, 5.74) is 7.07. The Kier molecular flexibility index (Phi) is 5.18. The average molecular weight is 263 g/mol. The van der Waals surface area contributed by atoms with Gasteiger partial charge in [0.15, 0.2) is 0 Å². The van der Waals surface area contributed by atoms with Gasteiger partial charge < -0.3 is 11.1 Å². The van der Waals surface area contributed by atoms with Crippen LogP contribution in [0.3, 0.4) is 0 Å². The predicted molar refractivity (Wildman–Crippen MR) is 75.5 cm³/mol. The van der Waals surface area contributed by atoms with Crippen molar-refractivity contribution in [3.05, 3.63) is 24.3 Å². The summed E-state index contributed by atoms with van der Waals surface area (Å²) >= 11 is 0. The molecule has 1 amide bonds. The molecule has 1 fully saturated rings. The number of carbonyl (C=O) groups excluding carboxylic acids is 1. The van der Waals surface area contributed by atoms with E-state index in [1.807, 2.05) is 5.06 Å². The van der Waals surface area contributed by atoms with Gasteiger partial charge in [0.2, 0.25) is 5.91 Å². The van der Waals surface area contributed by atoms with Crippen LogP contribution in [-0.2, 0) is 9.63 Å². The number of nitrogens with zero attached hydrogens (tertiary/aromatic N) is 1. The molecule has 1 aliphatic heterocycles. The van der Waals surface area contributed by atoms with Crippen LogP contribution in [-0.4, -0.2) is 30.7 Å². The van der Waals surface area contributed by atoms with Gasteiger partial charge in [-0.05, 0) is 43.5 Å². The Balaban J connectivity index is 1.65. The van der Waals surface area contributed by atoms with Gasteiger partial charge in [-0.15, -0.1) is 0 Å². The van der Waals surface area contributed by atoms with Crippen LogP contribution in [0.1, 0.15) is 25.7 Å². The van der Waals surface area contributed by atoms with Crippen LogP contribution >= 0.6 is 0 Å². The molecule has 104 valence electrons. The average Bonchev–Trinajstić information content (AvgIpc) is 2.43. The Morgan fingerprint density at radius 2 is 2.11 bits per heavy atom. The number of nitrogen functional groups attached to an aromatic ring is 1. The number of hydroxylamine groups is 2. The minimum Gasteiger partial charge on any atom is -0.399 e. The molecule has 0 saturated carbocycles. The lowest BCUT2D eigenvalue weighted by Crippen LogP contribution is -2.31. The highest BCUT2D eigenvalue weighted by Gasteiger charge is 2.11. The Labute approximate surface area is 113 Å². The highest BCUT2D eigenvalue weighted by atomic mass is 16.7. The largest absolute Gasteiger partial charge is 0.399 e. The molecule has 1 aromatic carbocycles. The van der Waals surface area contributed by atoms with Crippen LogP contribution in [0.2, 0.25) is 0 Å². The first-order valence-electron chi connectivity index (χ1n) is 6.77. The summed E-state index contributed by atoms with van der Waals surface area (Å²) in [5.74, 6) is 0.0294. The number of hydrogen-bond donors (Lipinski definition) is 2. The lowest BCUT2D eigenvalue weighted by molar-refractivity contribution is -0.180. The van der Waals surface area contributed by atoms with Crippen molar-refractivity contribution in [1.82, 2.24) is 5.06 Å². The van der Waals surface area contributed by atoms with Crippen molar-refractivity contribution >= 4 is 17.3 Å². The third-order valence-corrected chi connectivity index (χ3v) is 3.08. The number of benzene rings is 1. The molecule has 0 bridgehead atoms. The molecule has 0 spiro atoms. The van der Waals surface area contributed by atoms with Crippen LogP contribution in [0.4, 0.5) is 11.4 Å². The van der Waals surface area contributed by atoms with Crippen molar-refractivity contribution in [2.24, 2.45) is 0 Å². The van der Waals surface area contributed by atoms with Crippen LogP contribution in [0.5, 0.6) is 0 Å². The van der Waals surface area contributed by atoms with Crippen molar-refractivity contribution < 1.29 is 9.63 Å². The normalized spacial score (nSPS) is 16.2. The summed E-state index contributed by atoms with van der Waals surface area (Å²) in [4.78, 5) is 17.2. The molecule has 0 unspecified atom stereocenters. The summed E-state index contributed by atoms with van der Waals surface area (Å²) in [7, 11) is 0. The smallest absolute Gasteiger partial charge is 0.224 e. The topological polar surface area (TPSA) is 67.6 Å². The first-order valence-corrected chi connectivity index (χ1v) is 6.77. The van der Waals surface area contributed by atoms with Crippen LogP contribution in [0.15, 0.2) is 24.3 Å². The van der Waals surface area contributed by atoms with Crippen LogP contribution in [0.25, 0.3) is 0 Å². The third kappa shape index (κ3) is 4.89. The highest BCUT2D eigenvalue weighted by molar-refractivity contribution is 5.90. The lowest BCUT2D eigenvalue weighted by atomic mass is 10.2. The number of carbonyl (C=O) groups is 1. The molecule has 2 rings (SSSR count). The van der Waals surface area contributed by atoms with Gasteiger partial charge in [0.1, 0.15) is 0 Å². The van der Waals surface area contributed by atoms with E-state index < -0.39 is 0 Å². The van der Waals surface area contributed by atoms with Crippen LogP contribution in [0, 0.1) is 0 Å². The standard InChI is InChI=1S/C14H21N3O2/c15-12-5-7-13(8-6-12)16-14(18)4-3-10-17-9-1-2-11-19-17/h5-8H,1-4,9-11,15H2,(H,16,18). The number of rotatable bonds is 5. The molecule has 1 aliphatic rings. The number of amides is 1. The van der Waals surface area contributed by atoms with Gasteiger partial charge in [0.25, 0.3) is 0 Å². The molecule has 0 radical (unpaired) electrons. The third-order valence-electron chi connectivity index (χ3n) is 3.08. The van der Waals surface area contributed by atoms with Gasteiger partial charge in [0.05, 0.1) is 6.61 Å². The van der Waals surface area contributed by atoms with Gasteiger partial charge in [-0.25, -0.2) is 0 Å². The van der Waals surface area contributed by atoms with Crippen molar-refractivity contribution in [1.29, 1.82) is 0 Å². The second kappa shape index (κ2) is 7.11. The molecule has 0 aromatic heterocycles. The predicted octanol–water partition coefficient (Wildman–Crippen LogP) is 2.01. The van der Waals surface area contributed by atoms with Gasteiger partial charge in [-0.2, -0.15) is 5.06 Å². The zero-order valence-electron chi connectivity index (χ0n) is 11.1.